The average Bonchev–Trinajstić information content (AvgIpc) is 1.59. The molecule has 0 aliphatic carbocycles. The first kappa shape index (κ1) is 84.1. The Morgan fingerprint density at radius 2 is 0.475 bits per heavy atom. The molecule has 8 heterocycles. The fourth-order valence-electron chi connectivity index (χ4n) is 19.0. The van der Waals surface area contributed by atoms with E-state index in [-0.39, 0.29) is 0 Å². The Bertz CT molecular complexity index is 9300. The van der Waals surface area contributed by atoms with Gasteiger partial charge in [0.15, 0.2) is 34.9 Å². The van der Waals surface area contributed by atoms with Crippen molar-refractivity contribution < 1.29 is 13.3 Å². The summed E-state index contributed by atoms with van der Waals surface area (Å²) in [6.07, 6.45) is 3.56. The molecule has 141 heavy (non-hydrogen) atoms. The van der Waals surface area contributed by atoms with Crippen LogP contribution in [0.3, 0.4) is 0 Å². The number of nitrogens with zero attached hydrogens (tertiary/aromatic N) is 12. The van der Waals surface area contributed by atoms with Crippen LogP contribution >= 0.6 is 0 Å². The highest BCUT2D eigenvalue weighted by molar-refractivity contribution is 6.25. The minimum Gasteiger partial charge on any atom is -0.455 e. The standard InChI is InChI=1S/2C44H26N4O.C38H22N4O/c45-27-28-21-23-29(24-22-28)37-26-38-40-34(19-10-20-39(40)49-41(38)36-18-8-7-17-35(36)37)32-15-9-16-33(25-32)44-47-42(30-11-3-1-4-12-30)46-43(48-44)31-13-5-2-6-14-31;45-27-28-18-20-30(21-19-28)37-26-38-40-34(16-9-17-39(40)49-41(38)36-15-8-7-14-35(36)37)29-22-24-33(25-23-29)44-47-42(31-10-3-1-4-11-31)46-43(48-44)32-12-5-2-6-13-32;39-23-27-20-31-37-29(10-7-13-36(37)43-38(31)30-9-2-1-8-28(27)30)25-16-14-24(15-17-25)26-21-34(32-11-3-5-18-40-32)42-35(22-26)33-12-4-6-19-41-33/h2*1-26H;1-22H. The first-order chi connectivity index (χ1) is 69.7. The van der Waals surface area contributed by atoms with Crippen molar-refractivity contribution in [1.29, 1.82) is 15.8 Å². The van der Waals surface area contributed by atoms with Gasteiger partial charge in [-0.1, -0.05) is 334 Å². The maximum absolute atomic E-state index is 9.92. The first-order valence-corrected chi connectivity index (χ1v) is 46.2. The largest absolute Gasteiger partial charge is 0.455 e. The normalized spacial score (nSPS) is 11.2. The Hall–Kier alpha value is -19.9. The van der Waals surface area contributed by atoms with Crippen LogP contribution in [0.25, 0.3) is 256 Å². The minimum absolute atomic E-state index is 0.605. The highest BCUT2D eigenvalue weighted by atomic mass is 16.3. The molecule has 0 unspecified atom stereocenters. The summed E-state index contributed by atoms with van der Waals surface area (Å²) in [7, 11) is 0. The molecule has 26 rings (SSSR count). The summed E-state index contributed by atoms with van der Waals surface area (Å²) in [4.78, 5) is 43.4. The third kappa shape index (κ3) is 16.0. The van der Waals surface area contributed by atoms with Crippen LogP contribution in [0.5, 0.6) is 0 Å². The lowest BCUT2D eigenvalue weighted by molar-refractivity contribution is 0.672. The van der Waals surface area contributed by atoms with Crippen molar-refractivity contribution in [2.45, 2.75) is 0 Å². The second-order valence-electron chi connectivity index (χ2n) is 34.2. The van der Waals surface area contributed by atoms with Gasteiger partial charge in [-0.3, -0.25) is 9.97 Å². The van der Waals surface area contributed by atoms with Gasteiger partial charge >= 0.3 is 0 Å². The molecule has 0 aliphatic rings. The van der Waals surface area contributed by atoms with Crippen LogP contribution in [0.4, 0.5) is 0 Å². The number of hydrogen-bond acceptors (Lipinski definition) is 15. The van der Waals surface area contributed by atoms with Gasteiger partial charge in [-0.05, 0) is 181 Å². The zero-order chi connectivity index (χ0) is 94.2. The monoisotopic (exact) mass is 1800 g/mol. The summed E-state index contributed by atoms with van der Waals surface area (Å²) in [5, 5.41) is 41.0. The van der Waals surface area contributed by atoms with Crippen LogP contribution < -0.4 is 0 Å². The summed E-state index contributed by atoms with van der Waals surface area (Å²) in [5.41, 5.74) is 28.3. The number of nitriles is 3. The molecule has 656 valence electrons. The Morgan fingerprint density at radius 1 is 0.177 bits per heavy atom. The third-order valence-corrected chi connectivity index (χ3v) is 25.8. The molecule has 0 fully saturated rings. The van der Waals surface area contributed by atoms with Crippen LogP contribution in [-0.4, -0.2) is 44.9 Å². The molecule has 26 aromatic rings. The van der Waals surface area contributed by atoms with Crippen molar-refractivity contribution in [1.82, 2.24) is 44.9 Å². The fraction of sp³-hybridized carbons (Fsp3) is 0. The van der Waals surface area contributed by atoms with E-state index >= 15 is 0 Å². The zero-order valence-corrected chi connectivity index (χ0v) is 75.3. The number of benzene rings is 18. The first-order valence-electron chi connectivity index (χ1n) is 46.2. The second-order valence-corrected chi connectivity index (χ2v) is 34.2. The lowest BCUT2D eigenvalue weighted by Gasteiger charge is -2.11. The van der Waals surface area contributed by atoms with E-state index in [4.69, 9.17) is 48.1 Å². The molecular weight excluding hydrogens is 1730 g/mol. The van der Waals surface area contributed by atoms with Crippen LogP contribution in [0, 0.1) is 34.0 Å². The van der Waals surface area contributed by atoms with Crippen molar-refractivity contribution in [2.75, 3.05) is 0 Å². The lowest BCUT2D eigenvalue weighted by Crippen LogP contribution is -2.00. The van der Waals surface area contributed by atoms with E-state index in [0.717, 1.165) is 221 Å². The van der Waals surface area contributed by atoms with Gasteiger partial charge in [-0.25, -0.2) is 34.9 Å². The molecule has 0 spiro atoms. The number of pyridine rings is 3. The third-order valence-electron chi connectivity index (χ3n) is 25.8. The molecular formula is C126H74N12O3. The maximum atomic E-state index is 9.92. The predicted molar refractivity (Wildman–Crippen MR) is 564 cm³/mol. The number of hydrogen-bond donors (Lipinski definition) is 0. The number of furan rings is 3. The second kappa shape index (κ2) is 36.5. The quantitative estimate of drug-likeness (QED) is 0.0986. The van der Waals surface area contributed by atoms with E-state index in [1.807, 2.05) is 291 Å². The van der Waals surface area contributed by atoms with Gasteiger partial charge in [0.05, 0.1) is 57.7 Å². The smallest absolute Gasteiger partial charge is 0.164 e. The van der Waals surface area contributed by atoms with Crippen molar-refractivity contribution in [3.05, 3.63) is 466 Å². The summed E-state index contributed by atoms with van der Waals surface area (Å²) >= 11 is 0. The van der Waals surface area contributed by atoms with Crippen LogP contribution in [0.15, 0.2) is 462 Å². The molecule has 0 amide bonds. The van der Waals surface area contributed by atoms with E-state index in [2.05, 4.69) is 174 Å². The molecule has 0 saturated heterocycles. The van der Waals surface area contributed by atoms with Gasteiger partial charge in [0.1, 0.15) is 33.5 Å². The van der Waals surface area contributed by atoms with Crippen LogP contribution in [0.2, 0.25) is 0 Å². The Balaban J connectivity index is 0.000000115. The van der Waals surface area contributed by atoms with Crippen molar-refractivity contribution >= 4 is 98.1 Å². The maximum Gasteiger partial charge on any atom is 0.164 e. The van der Waals surface area contributed by atoms with Crippen molar-refractivity contribution in [3.8, 4) is 176 Å². The van der Waals surface area contributed by atoms with Gasteiger partial charge in [0.2, 0.25) is 0 Å². The molecule has 0 bridgehead atoms. The minimum atomic E-state index is 0.605. The highest BCUT2D eigenvalue weighted by Crippen LogP contribution is 2.48. The highest BCUT2D eigenvalue weighted by Gasteiger charge is 2.25. The summed E-state index contributed by atoms with van der Waals surface area (Å²) in [6.45, 7) is 0. The van der Waals surface area contributed by atoms with Gasteiger partial charge in [0, 0.05) is 99.6 Å². The Morgan fingerprint density at radius 3 is 0.858 bits per heavy atom. The molecule has 15 heteroatoms. The topological polar surface area (TPSA) is 227 Å². The molecule has 0 atom stereocenters. The van der Waals surface area contributed by atoms with E-state index in [9.17, 15) is 15.8 Å². The van der Waals surface area contributed by atoms with Crippen molar-refractivity contribution in [3.63, 3.8) is 0 Å². The fourth-order valence-corrected chi connectivity index (χ4v) is 19.0. The summed E-state index contributed by atoms with van der Waals surface area (Å²) in [5.74, 6) is 3.74. The number of fused-ring (bicyclic) bond motifs is 15. The molecule has 0 saturated carbocycles. The van der Waals surface area contributed by atoms with E-state index in [1.165, 1.54) is 0 Å². The van der Waals surface area contributed by atoms with Gasteiger partial charge in [0.25, 0.3) is 0 Å². The van der Waals surface area contributed by atoms with Gasteiger partial charge in [-0.15, -0.1) is 0 Å². The average molecular weight is 1800 g/mol. The number of aromatic nitrogens is 9. The molecule has 15 nitrogen and oxygen atoms in total. The van der Waals surface area contributed by atoms with Gasteiger partial charge < -0.3 is 13.3 Å². The van der Waals surface area contributed by atoms with E-state index in [1.54, 1.807) is 12.4 Å². The summed E-state index contributed by atoms with van der Waals surface area (Å²) in [6, 6.07) is 153. The van der Waals surface area contributed by atoms with Gasteiger partial charge in [-0.2, -0.15) is 15.8 Å². The van der Waals surface area contributed by atoms with Crippen molar-refractivity contribution in [2.24, 2.45) is 0 Å². The molecule has 0 radical (unpaired) electrons. The Kier molecular flexibility index (Phi) is 21.8. The molecule has 18 aromatic carbocycles. The number of rotatable bonds is 14. The lowest BCUT2D eigenvalue weighted by atomic mass is 9.93. The van der Waals surface area contributed by atoms with E-state index in [0.29, 0.717) is 51.6 Å². The van der Waals surface area contributed by atoms with E-state index < -0.39 is 0 Å². The SMILES string of the molecule is N#Cc1cc2c(oc3cccc(-c4ccc(-c5cc(-c6ccccn6)nc(-c6ccccn6)c5)cc4)c32)c2ccccc12.N#Cc1ccc(-c2cc3c(oc4cccc(-c5ccc(-c6nc(-c7ccccc7)nc(-c7ccccc7)n6)cc5)c43)c3ccccc23)cc1.N#Cc1ccc(-c2cc3c(oc4cccc(-c5cccc(-c6nc(-c7ccccc7)nc(-c7ccccc7)n6)c5)c43)c3ccccc23)cc1. The Labute approximate surface area is 808 Å². The zero-order valence-electron chi connectivity index (χ0n) is 75.3. The van der Waals surface area contributed by atoms with Crippen LogP contribution in [-0.2, 0) is 0 Å². The molecule has 0 N–H and O–H groups in total. The predicted octanol–water partition coefficient (Wildman–Crippen LogP) is 31.7. The van der Waals surface area contributed by atoms with Crippen LogP contribution in [0.1, 0.15) is 16.7 Å². The molecule has 0 aliphatic heterocycles. The summed E-state index contributed by atoms with van der Waals surface area (Å²) < 4.78 is 19.6. The molecule has 8 aromatic heterocycles.